The standard InChI is InChI=1S/C18H10ClF3N2O4/c19-14-9-11(3-6-13(14)18(20,21)22)23-17(25)16-8-7-15(28-16)10-1-4-12(5-2-10)24(26)27/h1-9H,(H,23,25). The van der Waals surface area contributed by atoms with Gasteiger partial charge in [-0.1, -0.05) is 11.6 Å². The predicted octanol–water partition coefficient (Wildman–Crippen LogP) is 5.78. The Morgan fingerprint density at radius 2 is 1.75 bits per heavy atom. The van der Waals surface area contributed by atoms with Gasteiger partial charge in [-0.2, -0.15) is 13.2 Å². The summed E-state index contributed by atoms with van der Waals surface area (Å²) in [4.78, 5) is 22.4. The minimum Gasteiger partial charge on any atom is -0.451 e. The number of rotatable bonds is 4. The van der Waals surface area contributed by atoms with Crippen LogP contribution in [-0.2, 0) is 6.18 Å². The monoisotopic (exact) mass is 410 g/mol. The van der Waals surface area contributed by atoms with E-state index in [-0.39, 0.29) is 17.1 Å². The number of hydrogen-bond donors (Lipinski definition) is 1. The molecule has 0 saturated carbocycles. The molecule has 10 heteroatoms. The number of halogens is 4. The van der Waals surface area contributed by atoms with Crippen molar-refractivity contribution in [2.75, 3.05) is 5.32 Å². The lowest BCUT2D eigenvalue weighted by Gasteiger charge is -2.10. The largest absolute Gasteiger partial charge is 0.451 e. The molecule has 0 aliphatic carbocycles. The zero-order valence-corrected chi connectivity index (χ0v) is 14.5. The van der Waals surface area contributed by atoms with Crippen LogP contribution >= 0.6 is 11.6 Å². The summed E-state index contributed by atoms with van der Waals surface area (Å²) in [5.74, 6) is -0.487. The van der Waals surface area contributed by atoms with E-state index in [2.05, 4.69) is 5.32 Å². The van der Waals surface area contributed by atoms with Gasteiger partial charge in [-0.3, -0.25) is 14.9 Å². The number of furan rings is 1. The van der Waals surface area contributed by atoms with E-state index in [0.717, 1.165) is 18.2 Å². The topological polar surface area (TPSA) is 85.4 Å². The average Bonchev–Trinajstić information content (AvgIpc) is 3.11. The van der Waals surface area contributed by atoms with Crippen LogP contribution in [0.15, 0.2) is 59.0 Å². The molecule has 3 aromatic rings. The smallest absolute Gasteiger partial charge is 0.417 e. The van der Waals surface area contributed by atoms with E-state index in [0.29, 0.717) is 11.3 Å². The molecule has 0 aliphatic heterocycles. The van der Waals surface area contributed by atoms with Crippen molar-refractivity contribution in [1.29, 1.82) is 0 Å². The molecule has 0 unspecified atom stereocenters. The van der Waals surface area contributed by atoms with Crippen molar-refractivity contribution >= 4 is 28.9 Å². The zero-order chi connectivity index (χ0) is 20.5. The van der Waals surface area contributed by atoms with Gasteiger partial charge in [0.25, 0.3) is 11.6 Å². The van der Waals surface area contributed by atoms with Crippen LogP contribution in [0.1, 0.15) is 16.1 Å². The van der Waals surface area contributed by atoms with Crippen LogP contribution in [0.5, 0.6) is 0 Å². The Labute approximate surface area is 160 Å². The average molecular weight is 411 g/mol. The summed E-state index contributed by atoms with van der Waals surface area (Å²) < 4.78 is 43.6. The van der Waals surface area contributed by atoms with Gasteiger partial charge in [0.1, 0.15) is 5.76 Å². The summed E-state index contributed by atoms with van der Waals surface area (Å²) in [6.45, 7) is 0. The SMILES string of the molecule is O=C(Nc1ccc(C(F)(F)F)c(Cl)c1)c1ccc(-c2ccc([N+](=O)[O-])cc2)o1. The number of carbonyl (C=O) groups excluding carboxylic acids is 1. The number of non-ortho nitro benzene ring substituents is 1. The Kier molecular flexibility index (Phi) is 5.10. The number of anilines is 1. The molecule has 144 valence electrons. The van der Waals surface area contributed by atoms with E-state index in [9.17, 15) is 28.1 Å². The van der Waals surface area contributed by atoms with Crippen LogP contribution < -0.4 is 5.32 Å². The quantitative estimate of drug-likeness (QED) is 0.436. The molecule has 3 rings (SSSR count). The van der Waals surface area contributed by atoms with Gasteiger partial charge < -0.3 is 9.73 Å². The van der Waals surface area contributed by atoms with Crippen molar-refractivity contribution in [3.63, 3.8) is 0 Å². The summed E-state index contributed by atoms with van der Waals surface area (Å²) in [5, 5.41) is 12.5. The minimum atomic E-state index is -4.60. The number of nitro groups is 1. The number of nitrogens with one attached hydrogen (secondary N) is 1. The maximum Gasteiger partial charge on any atom is 0.417 e. The maximum atomic E-state index is 12.7. The lowest BCUT2D eigenvalue weighted by molar-refractivity contribution is -0.384. The third-order valence-electron chi connectivity index (χ3n) is 3.72. The number of benzene rings is 2. The van der Waals surface area contributed by atoms with Crippen molar-refractivity contribution in [2.24, 2.45) is 0 Å². The Bertz CT molecular complexity index is 1050. The van der Waals surface area contributed by atoms with Crippen molar-refractivity contribution in [3.8, 4) is 11.3 Å². The van der Waals surface area contributed by atoms with E-state index in [1.54, 1.807) is 0 Å². The highest BCUT2D eigenvalue weighted by atomic mass is 35.5. The molecule has 1 N–H and O–H groups in total. The lowest BCUT2D eigenvalue weighted by Crippen LogP contribution is -2.12. The first-order valence-corrected chi connectivity index (χ1v) is 8.06. The minimum absolute atomic E-state index is 0.0660. The molecule has 0 bridgehead atoms. The molecule has 1 heterocycles. The highest BCUT2D eigenvalue weighted by molar-refractivity contribution is 6.31. The molecule has 0 saturated heterocycles. The van der Waals surface area contributed by atoms with Gasteiger partial charge in [0.2, 0.25) is 0 Å². The van der Waals surface area contributed by atoms with Crippen molar-refractivity contribution < 1.29 is 27.3 Å². The second-order valence-electron chi connectivity index (χ2n) is 5.61. The van der Waals surface area contributed by atoms with Crippen LogP contribution in [-0.4, -0.2) is 10.8 Å². The highest BCUT2D eigenvalue weighted by Crippen LogP contribution is 2.36. The summed E-state index contributed by atoms with van der Waals surface area (Å²) in [5.41, 5.74) is -0.517. The molecular weight excluding hydrogens is 401 g/mol. The lowest BCUT2D eigenvalue weighted by atomic mass is 10.1. The highest BCUT2D eigenvalue weighted by Gasteiger charge is 2.33. The van der Waals surface area contributed by atoms with Crippen LogP contribution in [0.3, 0.4) is 0 Å². The first-order valence-electron chi connectivity index (χ1n) is 7.68. The fraction of sp³-hybridized carbons (Fsp3) is 0.0556. The van der Waals surface area contributed by atoms with Crippen molar-refractivity contribution in [3.05, 3.63) is 81.1 Å². The van der Waals surface area contributed by atoms with Crippen LogP contribution in [0.2, 0.25) is 5.02 Å². The third-order valence-corrected chi connectivity index (χ3v) is 4.04. The number of hydrogen-bond acceptors (Lipinski definition) is 4. The van der Waals surface area contributed by atoms with Gasteiger partial charge >= 0.3 is 6.18 Å². The Balaban J connectivity index is 1.76. The molecule has 1 aromatic heterocycles. The fourth-order valence-electron chi connectivity index (χ4n) is 2.38. The number of nitrogens with zero attached hydrogens (tertiary/aromatic N) is 1. The normalized spacial score (nSPS) is 11.3. The Hall–Kier alpha value is -3.33. The maximum absolute atomic E-state index is 12.7. The first-order chi connectivity index (χ1) is 13.1. The second-order valence-corrected chi connectivity index (χ2v) is 6.02. The fourth-order valence-corrected chi connectivity index (χ4v) is 2.67. The van der Waals surface area contributed by atoms with Crippen molar-refractivity contribution in [2.45, 2.75) is 6.18 Å². The van der Waals surface area contributed by atoms with Crippen LogP contribution in [0.4, 0.5) is 24.5 Å². The molecule has 0 spiro atoms. The van der Waals surface area contributed by atoms with Gasteiger partial charge in [0, 0.05) is 23.4 Å². The predicted molar refractivity (Wildman–Crippen MR) is 95.2 cm³/mol. The van der Waals surface area contributed by atoms with Gasteiger partial charge in [-0.05, 0) is 42.5 Å². The molecule has 0 aliphatic rings. The van der Waals surface area contributed by atoms with E-state index in [4.69, 9.17) is 16.0 Å². The summed E-state index contributed by atoms with van der Waals surface area (Å²) in [7, 11) is 0. The zero-order valence-electron chi connectivity index (χ0n) is 13.8. The summed E-state index contributed by atoms with van der Waals surface area (Å²) in [6.07, 6.45) is -4.60. The summed E-state index contributed by atoms with van der Waals surface area (Å²) >= 11 is 5.62. The molecular formula is C18H10ClF3N2O4. The summed E-state index contributed by atoms with van der Waals surface area (Å²) in [6, 6.07) is 11.2. The van der Waals surface area contributed by atoms with Gasteiger partial charge in [-0.25, -0.2) is 0 Å². The van der Waals surface area contributed by atoms with Gasteiger partial charge in [0.05, 0.1) is 15.5 Å². The van der Waals surface area contributed by atoms with E-state index < -0.39 is 27.6 Å². The number of amides is 1. The Morgan fingerprint density at radius 3 is 2.32 bits per heavy atom. The molecule has 1 amide bonds. The first kappa shape index (κ1) is 19.4. The van der Waals surface area contributed by atoms with Crippen LogP contribution in [0, 0.1) is 10.1 Å². The molecule has 0 atom stereocenters. The molecule has 2 aromatic carbocycles. The van der Waals surface area contributed by atoms with Gasteiger partial charge in [0.15, 0.2) is 5.76 Å². The number of carbonyl (C=O) groups is 1. The second kappa shape index (κ2) is 7.35. The molecule has 0 fully saturated rings. The van der Waals surface area contributed by atoms with Crippen LogP contribution in [0.25, 0.3) is 11.3 Å². The van der Waals surface area contributed by atoms with Crippen molar-refractivity contribution in [1.82, 2.24) is 0 Å². The third kappa shape index (κ3) is 4.15. The van der Waals surface area contributed by atoms with Gasteiger partial charge in [-0.15, -0.1) is 0 Å². The molecule has 28 heavy (non-hydrogen) atoms. The molecule has 0 radical (unpaired) electrons. The van der Waals surface area contributed by atoms with E-state index in [1.165, 1.54) is 36.4 Å². The van der Waals surface area contributed by atoms with E-state index in [1.807, 2.05) is 0 Å². The van der Waals surface area contributed by atoms with E-state index >= 15 is 0 Å². The number of alkyl halides is 3. The Morgan fingerprint density at radius 1 is 1.07 bits per heavy atom. The number of nitro benzene ring substituents is 1. The molecule has 6 nitrogen and oxygen atoms in total.